The van der Waals surface area contributed by atoms with E-state index < -0.39 is 0 Å². The number of ether oxygens (including phenoxy) is 2. The Balaban J connectivity index is 1.68. The summed E-state index contributed by atoms with van der Waals surface area (Å²) in [6, 6.07) is 13.6. The van der Waals surface area contributed by atoms with Gasteiger partial charge in [-0.15, -0.1) is 11.3 Å². The third-order valence-corrected chi connectivity index (χ3v) is 5.72. The van der Waals surface area contributed by atoms with E-state index in [2.05, 4.69) is 30.4 Å². The van der Waals surface area contributed by atoms with Gasteiger partial charge in [0.2, 0.25) is 0 Å². The van der Waals surface area contributed by atoms with Gasteiger partial charge in [0.15, 0.2) is 0 Å². The lowest BCUT2D eigenvalue weighted by Gasteiger charge is -2.12. The maximum absolute atomic E-state index is 12.7. The number of hydrogen-bond donors (Lipinski definition) is 1. The number of aryl methyl sites for hydroxylation is 2. The number of rotatable bonds is 7. The van der Waals surface area contributed by atoms with Crippen LogP contribution in [-0.4, -0.2) is 31.7 Å². The maximum atomic E-state index is 12.7. The zero-order chi connectivity index (χ0) is 20.1. The van der Waals surface area contributed by atoms with Crippen molar-refractivity contribution >= 4 is 17.2 Å². The highest BCUT2D eigenvalue weighted by atomic mass is 32.1. The van der Waals surface area contributed by atoms with Gasteiger partial charge in [-0.2, -0.15) is 0 Å². The zero-order valence-corrected chi connectivity index (χ0v) is 17.4. The second-order valence-corrected chi connectivity index (χ2v) is 7.52. The molecular weight excluding hydrogens is 372 g/mol. The normalized spacial score (nSPS) is 10.6. The highest BCUT2D eigenvalue weighted by Gasteiger charge is 2.18. The van der Waals surface area contributed by atoms with E-state index in [1.165, 1.54) is 10.4 Å². The molecule has 0 saturated carbocycles. The molecule has 0 aliphatic rings. The smallest absolute Gasteiger partial charge is 0.258 e. The molecule has 0 saturated heterocycles. The Morgan fingerprint density at radius 2 is 1.75 bits per heavy atom. The lowest BCUT2D eigenvalue weighted by atomic mass is 10.1. The summed E-state index contributed by atoms with van der Waals surface area (Å²) >= 11 is 1.67. The number of benzene rings is 2. The van der Waals surface area contributed by atoms with Gasteiger partial charge in [-0.25, -0.2) is 4.98 Å². The summed E-state index contributed by atoms with van der Waals surface area (Å²) in [5, 5.41) is 3.97. The molecule has 5 nitrogen and oxygen atoms in total. The predicted octanol–water partition coefficient (Wildman–Crippen LogP) is 4.42. The van der Waals surface area contributed by atoms with Gasteiger partial charge in [0.05, 0.1) is 19.9 Å². The van der Waals surface area contributed by atoms with Crippen molar-refractivity contribution in [2.75, 3.05) is 20.8 Å². The first-order valence-corrected chi connectivity index (χ1v) is 9.87. The predicted molar refractivity (Wildman–Crippen MR) is 113 cm³/mol. The quantitative estimate of drug-likeness (QED) is 0.642. The lowest BCUT2D eigenvalue weighted by molar-refractivity contribution is 0.0948. The molecule has 0 bridgehead atoms. The summed E-state index contributed by atoms with van der Waals surface area (Å²) in [7, 11) is 3.08. The van der Waals surface area contributed by atoms with Crippen LogP contribution < -0.4 is 14.8 Å². The van der Waals surface area contributed by atoms with E-state index in [4.69, 9.17) is 14.5 Å². The highest BCUT2D eigenvalue weighted by Crippen LogP contribution is 2.29. The number of carbonyl (C=O) groups is 1. The average Bonchev–Trinajstić information content (AvgIpc) is 3.07. The monoisotopic (exact) mass is 396 g/mol. The number of thiazole rings is 1. The molecular formula is C22H24N2O3S. The van der Waals surface area contributed by atoms with Gasteiger partial charge < -0.3 is 14.8 Å². The Labute approximate surface area is 169 Å². The van der Waals surface area contributed by atoms with E-state index in [1.54, 1.807) is 43.8 Å². The molecule has 6 heteroatoms. The molecule has 3 aromatic rings. The third-order valence-electron chi connectivity index (χ3n) is 4.45. The van der Waals surface area contributed by atoms with Crippen LogP contribution in [0.4, 0.5) is 0 Å². The van der Waals surface area contributed by atoms with Crippen molar-refractivity contribution in [2.45, 2.75) is 20.3 Å². The van der Waals surface area contributed by atoms with Gasteiger partial charge in [0.25, 0.3) is 5.91 Å². The summed E-state index contributed by atoms with van der Waals surface area (Å²) in [5.41, 5.74) is 3.76. The second-order valence-electron chi connectivity index (χ2n) is 6.44. The van der Waals surface area contributed by atoms with Gasteiger partial charge in [-0.3, -0.25) is 4.79 Å². The number of nitrogens with zero attached hydrogens (tertiary/aromatic N) is 1. The van der Waals surface area contributed by atoms with Crippen molar-refractivity contribution in [2.24, 2.45) is 0 Å². The summed E-state index contributed by atoms with van der Waals surface area (Å²) < 4.78 is 10.6. The first-order valence-electron chi connectivity index (χ1n) is 9.06. The summed E-state index contributed by atoms with van der Waals surface area (Å²) in [6.07, 6.45) is 0.721. The molecule has 28 heavy (non-hydrogen) atoms. The van der Waals surface area contributed by atoms with E-state index in [1.807, 2.05) is 13.0 Å². The van der Waals surface area contributed by atoms with E-state index >= 15 is 0 Å². The summed E-state index contributed by atoms with van der Waals surface area (Å²) in [4.78, 5) is 18.5. The number of nitrogens with one attached hydrogen (secondary N) is 1. The molecule has 146 valence electrons. The number of amides is 1. The fourth-order valence-electron chi connectivity index (χ4n) is 3.01. The van der Waals surface area contributed by atoms with Crippen molar-refractivity contribution in [3.63, 3.8) is 0 Å². The van der Waals surface area contributed by atoms with Crippen molar-refractivity contribution in [1.29, 1.82) is 0 Å². The van der Waals surface area contributed by atoms with Crippen LogP contribution in [0.2, 0.25) is 0 Å². The van der Waals surface area contributed by atoms with E-state index in [0.29, 0.717) is 23.6 Å². The molecule has 0 aliphatic carbocycles. The van der Waals surface area contributed by atoms with E-state index in [9.17, 15) is 4.79 Å². The van der Waals surface area contributed by atoms with Crippen molar-refractivity contribution < 1.29 is 14.3 Å². The molecule has 1 aromatic heterocycles. The van der Waals surface area contributed by atoms with Crippen LogP contribution >= 0.6 is 11.3 Å². The van der Waals surface area contributed by atoms with Crippen molar-refractivity contribution in [3.05, 3.63) is 64.2 Å². The second kappa shape index (κ2) is 8.89. The average molecular weight is 397 g/mol. The number of hydrogen-bond acceptors (Lipinski definition) is 5. The molecule has 0 atom stereocenters. The van der Waals surface area contributed by atoms with Crippen LogP contribution in [0.3, 0.4) is 0 Å². The lowest BCUT2D eigenvalue weighted by Crippen LogP contribution is -2.26. The number of carbonyl (C=O) groups excluding carboxylic acids is 1. The van der Waals surface area contributed by atoms with Crippen LogP contribution in [0.15, 0.2) is 42.5 Å². The minimum atomic E-state index is -0.213. The topological polar surface area (TPSA) is 60.5 Å². The molecule has 0 fully saturated rings. The van der Waals surface area contributed by atoms with Gasteiger partial charge in [-0.05, 0) is 32.0 Å². The van der Waals surface area contributed by atoms with Crippen LogP contribution in [0, 0.1) is 13.8 Å². The molecule has 0 aliphatic heterocycles. The maximum Gasteiger partial charge on any atom is 0.258 e. The van der Waals surface area contributed by atoms with Gasteiger partial charge in [0, 0.05) is 23.4 Å². The Morgan fingerprint density at radius 1 is 1.07 bits per heavy atom. The Kier molecular flexibility index (Phi) is 6.31. The molecule has 0 spiro atoms. The number of methoxy groups -OCH3 is 2. The van der Waals surface area contributed by atoms with Crippen LogP contribution in [0.5, 0.6) is 11.5 Å². The minimum absolute atomic E-state index is 0.213. The Hall–Kier alpha value is -2.86. The van der Waals surface area contributed by atoms with Crippen LogP contribution in [-0.2, 0) is 6.42 Å². The fourth-order valence-corrected chi connectivity index (χ4v) is 4.07. The molecule has 2 aromatic carbocycles. The molecule has 1 heterocycles. The Morgan fingerprint density at radius 3 is 2.39 bits per heavy atom. The van der Waals surface area contributed by atoms with Gasteiger partial charge in [-0.1, -0.05) is 29.8 Å². The minimum Gasteiger partial charge on any atom is -0.496 e. The van der Waals surface area contributed by atoms with Crippen LogP contribution in [0.25, 0.3) is 10.6 Å². The molecule has 1 amide bonds. The van der Waals surface area contributed by atoms with E-state index in [0.717, 1.165) is 22.7 Å². The summed E-state index contributed by atoms with van der Waals surface area (Å²) in [5.74, 6) is 0.774. The summed E-state index contributed by atoms with van der Waals surface area (Å²) in [6.45, 7) is 4.60. The van der Waals surface area contributed by atoms with E-state index in [-0.39, 0.29) is 5.91 Å². The highest BCUT2D eigenvalue weighted by molar-refractivity contribution is 7.15. The molecule has 0 unspecified atom stereocenters. The van der Waals surface area contributed by atoms with Gasteiger partial charge in [0.1, 0.15) is 22.1 Å². The van der Waals surface area contributed by atoms with Crippen molar-refractivity contribution in [3.8, 4) is 22.1 Å². The van der Waals surface area contributed by atoms with Crippen molar-refractivity contribution in [1.82, 2.24) is 10.3 Å². The fraction of sp³-hybridized carbons (Fsp3) is 0.273. The molecule has 1 N–H and O–H groups in total. The number of aromatic nitrogens is 1. The first kappa shape index (κ1) is 19.9. The standard InChI is InChI=1S/C22H24N2O3S/c1-14-7-5-8-16(13-14)22-24-15(2)19(28-22)11-12-23-21(25)20-17(26-3)9-6-10-18(20)27-4/h5-10,13H,11-12H2,1-4H3,(H,23,25). The first-order chi connectivity index (χ1) is 13.5. The SMILES string of the molecule is COc1cccc(OC)c1C(=O)NCCc1sc(-c2cccc(C)c2)nc1C. The zero-order valence-electron chi connectivity index (χ0n) is 16.5. The van der Waals surface area contributed by atoms with Gasteiger partial charge >= 0.3 is 0 Å². The van der Waals surface area contributed by atoms with Crippen LogP contribution in [0.1, 0.15) is 26.5 Å². The third kappa shape index (κ3) is 4.34. The largest absolute Gasteiger partial charge is 0.496 e. The molecule has 3 rings (SSSR count). The molecule has 0 radical (unpaired) electrons. The Bertz CT molecular complexity index is 959.